The Balaban J connectivity index is 1.46. The number of fused-ring (bicyclic) bond motifs is 2. The highest BCUT2D eigenvalue weighted by Gasteiger charge is 2.48. The maximum Gasteiger partial charge on any atom is 0.296 e. The van der Waals surface area contributed by atoms with Crippen molar-refractivity contribution in [3.05, 3.63) is 89.8 Å². The Morgan fingerprint density at radius 3 is 2.80 bits per heavy atom. The first-order valence-corrected chi connectivity index (χ1v) is 11.7. The van der Waals surface area contributed by atoms with E-state index in [0.29, 0.717) is 34.3 Å². The maximum absolute atomic E-state index is 13.6. The Morgan fingerprint density at radius 2 is 2.03 bits per heavy atom. The summed E-state index contributed by atoms with van der Waals surface area (Å²) in [6.07, 6.45) is 1.45. The first-order valence-electron chi connectivity index (χ1n) is 10.9. The van der Waals surface area contributed by atoms with E-state index in [-0.39, 0.29) is 11.3 Å². The van der Waals surface area contributed by atoms with Crippen molar-refractivity contribution >= 4 is 49.3 Å². The number of anilines is 1. The molecule has 1 unspecified atom stereocenters. The normalized spacial score (nSPS) is 16.1. The summed E-state index contributed by atoms with van der Waals surface area (Å²) in [6.45, 7) is 2.42. The summed E-state index contributed by atoms with van der Waals surface area (Å²) in [4.78, 5) is 32.8. The predicted octanol–water partition coefficient (Wildman–Crippen LogP) is 5.82. The van der Waals surface area contributed by atoms with Gasteiger partial charge in [0.15, 0.2) is 16.7 Å². The second kappa shape index (κ2) is 8.14. The van der Waals surface area contributed by atoms with Crippen LogP contribution in [0.3, 0.4) is 0 Å². The van der Waals surface area contributed by atoms with Crippen molar-refractivity contribution in [2.75, 3.05) is 11.5 Å². The van der Waals surface area contributed by atoms with E-state index in [4.69, 9.17) is 13.6 Å². The van der Waals surface area contributed by atoms with Gasteiger partial charge in [0.25, 0.3) is 5.91 Å². The number of carbonyl (C=O) groups excluding carboxylic acids is 2. The first-order chi connectivity index (χ1) is 17.0. The van der Waals surface area contributed by atoms with Crippen LogP contribution >= 0.6 is 11.3 Å². The van der Waals surface area contributed by atoms with Crippen LogP contribution in [-0.2, 0) is 4.79 Å². The number of nitrogens with zero attached hydrogens (tertiary/aromatic N) is 2. The van der Waals surface area contributed by atoms with E-state index < -0.39 is 23.5 Å². The number of hydrogen-bond donors (Lipinski definition) is 1. The molecule has 2 aromatic carbocycles. The Labute approximate surface area is 202 Å². The minimum absolute atomic E-state index is 0.0182. The van der Waals surface area contributed by atoms with Crippen molar-refractivity contribution in [3.8, 4) is 5.75 Å². The lowest BCUT2D eigenvalue weighted by molar-refractivity contribution is -0.117. The summed E-state index contributed by atoms with van der Waals surface area (Å²) in [5, 5.41) is 12.0. The smallest absolute Gasteiger partial charge is 0.296 e. The summed E-state index contributed by atoms with van der Waals surface area (Å²) >= 11 is 1.25. The van der Waals surface area contributed by atoms with Crippen molar-refractivity contribution < 1.29 is 28.3 Å². The molecule has 6 rings (SSSR count). The minimum atomic E-state index is -1.01. The number of carbonyl (C=O) groups is 2. The number of amides is 1. The number of aromatic nitrogens is 1. The van der Waals surface area contributed by atoms with E-state index in [1.165, 1.54) is 22.5 Å². The van der Waals surface area contributed by atoms with Crippen LogP contribution in [0, 0.1) is 0 Å². The molecule has 1 aliphatic heterocycles. The van der Waals surface area contributed by atoms with E-state index in [1.54, 1.807) is 42.5 Å². The third-order valence-corrected chi connectivity index (χ3v) is 6.80. The lowest BCUT2D eigenvalue weighted by Crippen LogP contribution is -2.30. The number of ether oxygens (including phenoxy) is 1. The number of benzene rings is 2. The highest BCUT2D eigenvalue weighted by molar-refractivity contribution is 7.22. The van der Waals surface area contributed by atoms with E-state index in [0.717, 1.165) is 10.1 Å². The molecular formula is C26H18N2O6S. The topological polar surface area (TPSA) is 106 Å². The number of hydrogen-bond acceptors (Lipinski definition) is 8. The molecule has 8 nitrogen and oxygen atoms in total. The average Bonchev–Trinajstić information content (AvgIpc) is 3.64. The van der Waals surface area contributed by atoms with E-state index >= 15 is 0 Å². The number of aliphatic hydroxyl groups is 1. The SMILES string of the molecule is CCOc1ccc2nc(N3C(=O)C(O)=C(C(=O)c4cc5ccccc5o4)C3c3ccco3)sc2c1. The number of Topliss-reactive ketones (excluding diaryl/α,β-unsaturated/α-hetero) is 1. The fraction of sp³-hybridized carbons (Fsp3) is 0.115. The minimum Gasteiger partial charge on any atom is -0.503 e. The van der Waals surface area contributed by atoms with Gasteiger partial charge in [-0.2, -0.15) is 0 Å². The molecule has 5 aromatic rings. The summed E-state index contributed by atoms with van der Waals surface area (Å²) in [7, 11) is 0. The molecule has 174 valence electrons. The molecule has 1 atom stereocenters. The van der Waals surface area contributed by atoms with Gasteiger partial charge in [-0.3, -0.25) is 14.5 Å². The van der Waals surface area contributed by atoms with E-state index in [2.05, 4.69) is 4.98 Å². The lowest BCUT2D eigenvalue weighted by atomic mass is 10.00. The quantitative estimate of drug-likeness (QED) is 0.302. The number of aliphatic hydroxyl groups excluding tert-OH is 1. The predicted molar refractivity (Wildman–Crippen MR) is 130 cm³/mol. The average molecular weight is 487 g/mol. The number of rotatable bonds is 6. The van der Waals surface area contributed by atoms with Crippen molar-refractivity contribution in [1.82, 2.24) is 4.98 Å². The van der Waals surface area contributed by atoms with Gasteiger partial charge < -0.3 is 18.7 Å². The van der Waals surface area contributed by atoms with Crippen molar-refractivity contribution in [1.29, 1.82) is 0 Å². The molecule has 9 heteroatoms. The second-order valence-corrected chi connectivity index (χ2v) is 8.90. The zero-order chi connectivity index (χ0) is 24.1. The van der Waals surface area contributed by atoms with Crippen LogP contribution in [0.25, 0.3) is 21.2 Å². The fourth-order valence-corrected chi connectivity index (χ4v) is 5.25. The standard InChI is InChI=1S/C26H18N2O6S/c1-2-32-15-9-10-16-20(13-15)35-26(27-16)28-22(18-8-5-11-33-18)21(24(30)25(28)31)23(29)19-12-14-6-3-4-7-17(14)34-19/h3-13,22,30H,2H2,1H3. The molecule has 3 aromatic heterocycles. The Hall–Kier alpha value is -4.37. The number of ketones is 1. The monoisotopic (exact) mass is 486 g/mol. The molecule has 0 bridgehead atoms. The van der Waals surface area contributed by atoms with Gasteiger partial charge in [-0.1, -0.05) is 29.5 Å². The molecule has 0 saturated heterocycles. The molecule has 1 aliphatic rings. The van der Waals surface area contributed by atoms with Crippen LogP contribution < -0.4 is 9.64 Å². The molecule has 1 N–H and O–H groups in total. The number of furan rings is 2. The number of thiazole rings is 1. The van der Waals surface area contributed by atoms with Crippen LogP contribution in [0.1, 0.15) is 29.3 Å². The van der Waals surface area contributed by atoms with E-state index in [9.17, 15) is 14.7 Å². The van der Waals surface area contributed by atoms with Crippen molar-refractivity contribution in [2.45, 2.75) is 13.0 Å². The summed E-state index contributed by atoms with van der Waals surface area (Å²) in [5.41, 5.74) is 1.07. The van der Waals surface area contributed by atoms with Crippen LogP contribution in [0.5, 0.6) is 5.75 Å². The maximum atomic E-state index is 13.6. The van der Waals surface area contributed by atoms with Gasteiger partial charge in [0.05, 0.1) is 28.7 Å². The summed E-state index contributed by atoms with van der Waals surface area (Å²) in [6, 6.07) is 16.5. The van der Waals surface area contributed by atoms with Gasteiger partial charge in [0.1, 0.15) is 23.1 Å². The molecule has 0 fully saturated rings. The number of para-hydroxylation sites is 1. The van der Waals surface area contributed by atoms with Gasteiger partial charge in [0.2, 0.25) is 5.78 Å². The van der Waals surface area contributed by atoms with Crippen LogP contribution in [0.4, 0.5) is 5.13 Å². The molecule has 35 heavy (non-hydrogen) atoms. The van der Waals surface area contributed by atoms with Gasteiger partial charge in [-0.05, 0) is 49.4 Å². The highest BCUT2D eigenvalue weighted by atomic mass is 32.1. The summed E-state index contributed by atoms with van der Waals surface area (Å²) in [5.74, 6) is -0.982. The largest absolute Gasteiger partial charge is 0.503 e. The van der Waals surface area contributed by atoms with Gasteiger partial charge in [-0.15, -0.1) is 0 Å². The van der Waals surface area contributed by atoms with Gasteiger partial charge >= 0.3 is 0 Å². The zero-order valence-electron chi connectivity index (χ0n) is 18.4. The molecule has 0 aliphatic carbocycles. The molecule has 4 heterocycles. The second-order valence-electron chi connectivity index (χ2n) is 7.89. The van der Waals surface area contributed by atoms with E-state index in [1.807, 2.05) is 25.1 Å². The molecule has 0 saturated carbocycles. The van der Waals surface area contributed by atoms with Crippen LogP contribution in [0.15, 0.2) is 87.1 Å². The first kappa shape index (κ1) is 21.2. The third-order valence-electron chi connectivity index (χ3n) is 5.78. The Morgan fingerprint density at radius 1 is 1.17 bits per heavy atom. The molecular weight excluding hydrogens is 468 g/mol. The third kappa shape index (κ3) is 3.39. The Bertz CT molecular complexity index is 1600. The fourth-order valence-electron chi connectivity index (χ4n) is 4.23. The van der Waals surface area contributed by atoms with Gasteiger partial charge in [0, 0.05) is 5.39 Å². The zero-order valence-corrected chi connectivity index (χ0v) is 19.2. The molecule has 1 amide bonds. The Kier molecular flexibility index (Phi) is 4.93. The molecule has 0 spiro atoms. The van der Waals surface area contributed by atoms with Crippen molar-refractivity contribution in [3.63, 3.8) is 0 Å². The summed E-state index contributed by atoms with van der Waals surface area (Å²) < 4.78 is 17.7. The lowest BCUT2D eigenvalue weighted by Gasteiger charge is -2.21. The van der Waals surface area contributed by atoms with Crippen LogP contribution in [-0.4, -0.2) is 28.4 Å². The van der Waals surface area contributed by atoms with Gasteiger partial charge in [-0.25, -0.2) is 4.98 Å². The van der Waals surface area contributed by atoms with Crippen LogP contribution in [0.2, 0.25) is 0 Å². The van der Waals surface area contributed by atoms with Crippen molar-refractivity contribution in [2.24, 2.45) is 0 Å². The highest BCUT2D eigenvalue weighted by Crippen LogP contribution is 2.44. The molecule has 0 radical (unpaired) electrons.